The smallest absolute Gasteiger partial charge is 0.261 e. The van der Waals surface area contributed by atoms with Gasteiger partial charge in [0, 0.05) is 25.5 Å². The van der Waals surface area contributed by atoms with Crippen LogP contribution in [-0.4, -0.2) is 22.2 Å². The van der Waals surface area contributed by atoms with Gasteiger partial charge in [0.2, 0.25) is 0 Å². The fraction of sp³-hybridized carbons (Fsp3) is 0.333. The van der Waals surface area contributed by atoms with E-state index in [9.17, 15) is 4.79 Å². The van der Waals surface area contributed by atoms with E-state index in [0.29, 0.717) is 6.54 Å². The van der Waals surface area contributed by atoms with Gasteiger partial charge in [0.25, 0.3) is 5.91 Å². The lowest BCUT2D eigenvalue weighted by Gasteiger charge is -2.04. The molecule has 0 aromatic carbocycles. The molecule has 2 aromatic rings. The molecule has 2 aromatic heterocycles. The average Bonchev–Trinajstić information content (AvgIpc) is 2.95. The Bertz CT molecular complexity index is 476. The van der Waals surface area contributed by atoms with Gasteiger partial charge in [-0.1, -0.05) is 0 Å². The van der Waals surface area contributed by atoms with Crippen LogP contribution in [0.3, 0.4) is 0 Å². The summed E-state index contributed by atoms with van der Waals surface area (Å²) in [5.74, 6) is 0.0259. The first-order chi connectivity index (χ1) is 8.27. The Kier molecular flexibility index (Phi) is 3.93. The third kappa shape index (κ3) is 3.17. The summed E-state index contributed by atoms with van der Waals surface area (Å²) in [5, 5.41) is 8.96. The van der Waals surface area contributed by atoms with E-state index in [1.165, 1.54) is 11.3 Å². The van der Waals surface area contributed by atoms with Crippen molar-refractivity contribution in [3.05, 3.63) is 40.3 Å². The van der Waals surface area contributed by atoms with E-state index in [4.69, 9.17) is 0 Å². The Morgan fingerprint density at radius 2 is 2.47 bits per heavy atom. The monoisotopic (exact) mass is 249 g/mol. The molecule has 0 bridgehead atoms. The number of amides is 1. The highest BCUT2D eigenvalue weighted by Gasteiger charge is 2.08. The van der Waals surface area contributed by atoms with E-state index in [-0.39, 0.29) is 5.91 Å². The SMILES string of the molecule is Cc1ccsc1C(=O)NCCCn1cccn1. The molecule has 4 nitrogen and oxygen atoms in total. The molecule has 2 rings (SSSR count). The van der Waals surface area contributed by atoms with Gasteiger partial charge in [-0.3, -0.25) is 9.48 Å². The normalized spacial score (nSPS) is 10.4. The maximum absolute atomic E-state index is 11.8. The highest BCUT2D eigenvalue weighted by Crippen LogP contribution is 2.14. The summed E-state index contributed by atoms with van der Waals surface area (Å²) < 4.78 is 1.86. The Morgan fingerprint density at radius 3 is 3.12 bits per heavy atom. The summed E-state index contributed by atoms with van der Waals surface area (Å²) in [6.45, 7) is 3.46. The van der Waals surface area contributed by atoms with Crippen molar-refractivity contribution in [2.75, 3.05) is 6.54 Å². The second kappa shape index (κ2) is 5.63. The summed E-state index contributed by atoms with van der Waals surface area (Å²) in [7, 11) is 0. The maximum atomic E-state index is 11.8. The van der Waals surface area contributed by atoms with Crippen molar-refractivity contribution in [3.63, 3.8) is 0 Å². The molecule has 1 N–H and O–H groups in total. The lowest BCUT2D eigenvalue weighted by atomic mass is 10.3. The predicted octanol–water partition coefficient (Wildman–Crippen LogP) is 2.07. The summed E-state index contributed by atoms with van der Waals surface area (Å²) >= 11 is 1.48. The molecule has 0 spiro atoms. The first kappa shape index (κ1) is 11.9. The lowest BCUT2D eigenvalue weighted by molar-refractivity contribution is 0.0956. The first-order valence-corrected chi connectivity index (χ1v) is 6.45. The topological polar surface area (TPSA) is 46.9 Å². The number of carbonyl (C=O) groups is 1. The molecule has 0 aliphatic rings. The Labute approximate surface area is 104 Å². The van der Waals surface area contributed by atoms with E-state index in [2.05, 4.69) is 10.4 Å². The van der Waals surface area contributed by atoms with Gasteiger partial charge in [0.1, 0.15) is 0 Å². The molecular weight excluding hydrogens is 234 g/mol. The van der Waals surface area contributed by atoms with Crippen molar-refractivity contribution in [1.82, 2.24) is 15.1 Å². The van der Waals surface area contributed by atoms with Crippen molar-refractivity contribution >= 4 is 17.2 Å². The molecule has 0 aliphatic carbocycles. The summed E-state index contributed by atoms with van der Waals surface area (Å²) in [4.78, 5) is 12.6. The molecule has 90 valence electrons. The summed E-state index contributed by atoms with van der Waals surface area (Å²) in [5.41, 5.74) is 1.04. The number of thiophene rings is 1. The van der Waals surface area contributed by atoms with Crippen molar-refractivity contribution in [1.29, 1.82) is 0 Å². The molecule has 0 fully saturated rings. The highest BCUT2D eigenvalue weighted by atomic mass is 32.1. The standard InChI is InChI=1S/C12H15N3OS/c1-10-4-9-17-11(10)12(16)13-5-2-7-15-8-3-6-14-15/h3-4,6,8-9H,2,5,7H2,1H3,(H,13,16). The van der Waals surface area contributed by atoms with Gasteiger partial charge < -0.3 is 5.32 Å². The number of hydrogen-bond donors (Lipinski definition) is 1. The van der Waals surface area contributed by atoms with Crippen LogP contribution in [0.2, 0.25) is 0 Å². The van der Waals surface area contributed by atoms with Gasteiger partial charge >= 0.3 is 0 Å². The number of nitrogens with one attached hydrogen (secondary N) is 1. The van der Waals surface area contributed by atoms with Gasteiger partial charge in [-0.05, 0) is 36.4 Å². The zero-order valence-electron chi connectivity index (χ0n) is 9.72. The Hall–Kier alpha value is -1.62. The molecule has 17 heavy (non-hydrogen) atoms. The number of carbonyl (C=O) groups excluding carboxylic acids is 1. The predicted molar refractivity (Wildman–Crippen MR) is 68.2 cm³/mol. The third-order valence-corrected chi connectivity index (χ3v) is 3.49. The van der Waals surface area contributed by atoms with Gasteiger partial charge in [0.05, 0.1) is 4.88 Å². The minimum Gasteiger partial charge on any atom is -0.351 e. The largest absolute Gasteiger partial charge is 0.351 e. The van der Waals surface area contributed by atoms with Crippen LogP contribution >= 0.6 is 11.3 Å². The molecular formula is C12H15N3OS. The van der Waals surface area contributed by atoms with Crippen molar-refractivity contribution in [2.45, 2.75) is 19.9 Å². The number of hydrogen-bond acceptors (Lipinski definition) is 3. The molecule has 0 aliphatic heterocycles. The minimum atomic E-state index is 0.0259. The zero-order chi connectivity index (χ0) is 12.1. The second-order valence-electron chi connectivity index (χ2n) is 3.81. The second-order valence-corrected chi connectivity index (χ2v) is 4.73. The van der Waals surface area contributed by atoms with Gasteiger partial charge in [-0.15, -0.1) is 11.3 Å². The number of nitrogens with zero attached hydrogens (tertiary/aromatic N) is 2. The third-order valence-electron chi connectivity index (χ3n) is 2.48. The van der Waals surface area contributed by atoms with Crippen LogP contribution in [0.25, 0.3) is 0 Å². The summed E-state index contributed by atoms with van der Waals surface area (Å²) in [6.07, 6.45) is 4.57. The Balaban J connectivity index is 1.72. The van der Waals surface area contributed by atoms with Crippen molar-refractivity contribution < 1.29 is 4.79 Å². The van der Waals surface area contributed by atoms with Crippen LogP contribution < -0.4 is 5.32 Å². The van der Waals surface area contributed by atoms with E-state index < -0.39 is 0 Å². The molecule has 0 atom stereocenters. The van der Waals surface area contributed by atoms with E-state index in [1.807, 2.05) is 35.3 Å². The van der Waals surface area contributed by atoms with Crippen LogP contribution in [-0.2, 0) is 6.54 Å². The first-order valence-electron chi connectivity index (χ1n) is 5.57. The molecule has 1 amide bonds. The fourth-order valence-corrected chi connectivity index (χ4v) is 2.40. The molecule has 0 unspecified atom stereocenters. The van der Waals surface area contributed by atoms with Crippen LogP contribution in [0, 0.1) is 6.92 Å². The minimum absolute atomic E-state index is 0.0259. The van der Waals surface area contributed by atoms with Gasteiger partial charge in [0.15, 0.2) is 0 Å². The van der Waals surface area contributed by atoms with Crippen LogP contribution in [0.15, 0.2) is 29.9 Å². The van der Waals surface area contributed by atoms with Crippen LogP contribution in [0.1, 0.15) is 21.7 Å². The number of aryl methyl sites for hydroxylation is 2. The van der Waals surface area contributed by atoms with E-state index >= 15 is 0 Å². The molecule has 0 saturated carbocycles. The summed E-state index contributed by atoms with van der Waals surface area (Å²) in [6, 6.07) is 3.86. The zero-order valence-corrected chi connectivity index (χ0v) is 10.5. The molecule has 5 heteroatoms. The van der Waals surface area contributed by atoms with E-state index in [1.54, 1.807) is 6.20 Å². The maximum Gasteiger partial charge on any atom is 0.261 e. The highest BCUT2D eigenvalue weighted by molar-refractivity contribution is 7.12. The molecule has 0 saturated heterocycles. The Morgan fingerprint density at radius 1 is 1.59 bits per heavy atom. The van der Waals surface area contributed by atoms with Crippen LogP contribution in [0.5, 0.6) is 0 Å². The average molecular weight is 249 g/mol. The number of aromatic nitrogens is 2. The van der Waals surface area contributed by atoms with Crippen molar-refractivity contribution in [3.8, 4) is 0 Å². The van der Waals surface area contributed by atoms with Crippen molar-refractivity contribution in [2.24, 2.45) is 0 Å². The quantitative estimate of drug-likeness (QED) is 0.825. The molecule has 2 heterocycles. The molecule has 0 radical (unpaired) electrons. The lowest BCUT2D eigenvalue weighted by Crippen LogP contribution is -2.25. The van der Waals surface area contributed by atoms with Gasteiger partial charge in [-0.2, -0.15) is 5.10 Å². The van der Waals surface area contributed by atoms with Crippen LogP contribution in [0.4, 0.5) is 0 Å². The van der Waals surface area contributed by atoms with E-state index in [0.717, 1.165) is 23.4 Å². The fourth-order valence-electron chi connectivity index (χ4n) is 1.56. The van der Waals surface area contributed by atoms with Gasteiger partial charge in [-0.25, -0.2) is 0 Å². The number of rotatable bonds is 5.